The third-order valence-electron chi connectivity index (χ3n) is 4.15. The van der Waals surface area contributed by atoms with Crippen molar-refractivity contribution in [1.29, 1.82) is 0 Å². The fourth-order valence-electron chi connectivity index (χ4n) is 2.70. The van der Waals surface area contributed by atoms with E-state index in [4.69, 9.17) is 5.73 Å². The van der Waals surface area contributed by atoms with Crippen molar-refractivity contribution in [3.05, 3.63) is 29.6 Å². The van der Waals surface area contributed by atoms with Crippen LogP contribution in [-0.2, 0) is 17.8 Å². The smallest absolute Gasteiger partial charge is 0.222 e. The largest absolute Gasteiger partial charge is 0.338 e. The molecule has 0 saturated heterocycles. The molecule has 2 heterocycles. The van der Waals surface area contributed by atoms with Gasteiger partial charge in [0, 0.05) is 37.8 Å². The van der Waals surface area contributed by atoms with E-state index < -0.39 is 0 Å². The Kier molecular flexibility index (Phi) is 4.76. The Hall–Kier alpha value is -1.42. The highest BCUT2D eigenvalue weighted by Gasteiger charge is 2.24. The molecular weight excluding hydrogens is 250 g/mol. The Balaban J connectivity index is 1.89. The van der Waals surface area contributed by atoms with Gasteiger partial charge in [-0.25, -0.2) is 0 Å². The van der Waals surface area contributed by atoms with Gasteiger partial charge in [0.2, 0.25) is 5.91 Å². The van der Waals surface area contributed by atoms with Crippen LogP contribution in [0.25, 0.3) is 0 Å². The van der Waals surface area contributed by atoms with Crippen LogP contribution in [0.2, 0.25) is 0 Å². The summed E-state index contributed by atoms with van der Waals surface area (Å²) < 4.78 is 0. The third-order valence-corrected chi connectivity index (χ3v) is 4.15. The van der Waals surface area contributed by atoms with E-state index in [9.17, 15) is 4.79 Å². The molecule has 1 aliphatic heterocycles. The minimum atomic E-state index is 0.152. The quantitative estimate of drug-likeness (QED) is 0.895. The van der Waals surface area contributed by atoms with Crippen LogP contribution in [0.4, 0.5) is 0 Å². The number of carbonyl (C=O) groups excluding carboxylic acids is 1. The number of hydrogen-bond acceptors (Lipinski definition) is 3. The summed E-state index contributed by atoms with van der Waals surface area (Å²) in [5.74, 6) is 0.254. The highest BCUT2D eigenvalue weighted by Crippen LogP contribution is 2.27. The summed E-state index contributed by atoms with van der Waals surface area (Å²) in [6.07, 6.45) is 5.18. The Morgan fingerprint density at radius 3 is 3.00 bits per heavy atom. The van der Waals surface area contributed by atoms with Gasteiger partial charge in [0.15, 0.2) is 0 Å². The second-order valence-corrected chi connectivity index (χ2v) is 6.38. The van der Waals surface area contributed by atoms with Crippen LogP contribution in [0.15, 0.2) is 18.3 Å². The van der Waals surface area contributed by atoms with Gasteiger partial charge in [-0.05, 0) is 36.4 Å². The summed E-state index contributed by atoms with van der Waals surface area (Å²) in [5, 5.41) is 0. The molecule has 2 N–H and O–H groups in total. The van der Waals surface area contributed by atoms with Gasteiger partial charge in [0.05, 0.1) is 0 Å². The van der Waals surface area contributed by atoms with Crippen molar-refractivity contribution in [3.8, 4) is 0 Å². The van der Waals surface area contributed by atoms with Crippen molar-refractivity contribution in [3.63, 3.8) is 0 Å². The third kappa shape index (κ3) is 3.79. The summed E-state index contributed by atoms with van der Waals surface area (Å²) in [7, 11) is 0. The zero-order valence-electron chi connectivity index (χ0n) is 12.6. The molecule has 0 spiro atoms. The van der Waals surface area contributed by atoms with E-state index >= 15 is 0 Å². The van der Waals surface area contributed by atoms with Gasteiger partial charge in [-0.1, -0.05) is 19.9 Å². The maximum absolute atomic E-state index is 12.3. The molecule has 0 radical (unpaired) electrons. The number of aromatic nitrogens is 1. The number of fused-ring (bicyclic) bond motifs is 1. The second-order valence-electron chi connectivity index (χ2n) is 6.38. The van der Waals surface area contributed by atoms with Crippen molar-refractivity contribution in [2.45, 2.75) is 46.1 Å². The van der Waals surface area contributed by atoms with Crippen LogP contribution in [0, 0.1) is 5.41 Å². The lowest BCUT2D eigenvalue weighted by atomic mass is 9.84. The fraction of sp³-hybridized carbons (Fsp3) is 0.625. The molecule has 4 nitrogen and oxygen atoms in total. The Labute approximate surface area is 121 Å². The fourth-order valence-corrected chi connectivity index (χ4v) is 2.70. The summed E-state index contributed by atoms with van der Waals surface area (Å²) >= 11 is 0. The van der Waals surface area contributed by atoms with Crippen LogP contribution in [0.5, 0.6) is 0 Å². The minimum absolute atomic E-state index is 0.152. The average Bonchev–Trinajstić information content (AvgIpc) is 2.44. The van der Waals surface area contributed by atoms with Crippen molar-refractivity contribution in [1.82, 2.24) is 9.88 Å². The van der Waals surface area contributed by atoms with Crippen LogP contribution in [0.1, 0.15) is 44.4 Å². The molecule has 2 rings (SSSR count). The predicted octanol–water partition coefficient (Wildman–Crippen LogP) is 2.12. The van der Waals surface area contributed by atoms with Gasteiger partial charge >= 0.3 is 0 Å². The zero-order valence-corrected chi connectivity index (χ0v) is 12.6. The first-order chi connectivity index (χ1) is 9.52. The number of carbonyl (C=O) groups is 1. The number of amides is 1. The second kappa shape index (κ2) is 6.35. The first-order valence-corrected chi connectivity index (χ1v) is 7.42. The predicted molar refractivity (Wildman–Crippen MR) is 80.0 cm³/mol. The normalized spacial score (nSPS) is 15.1. The molecule has 0 aromatic carbocycles. The lowest BCUT2D eigenvalue weighted by molar-refractivity contribution is -0.132. The number of hydrogen-bond donors (Lipinski definition) is 1. The van der Waals surface area contributed by atoms with Gasteiger partial charge < -0.3 is 10.6 Å². The van der Waals surface area contributed by atoms with E-state index in [-0.39, 0.29) is 11.3 Å². The zero-order chi connectivity index (χ0) is 14.6. The summed E-state index contributed by atoms with van der Waals surface area (Å²) in [5.41, 5.74) is 8.09. The number of nitrogens with zero attached hydrogens (tertiary/aromatic N) is 2. The van der Waals surface area contributed by atoms with Gasteiger partial charge in [0.1, 0.15) is 0 Å². The van der Waals surface area contributed by atoms with Crippen LogP contribution < -0.4 is 5.73 Å². The van der Waals surface area contributed by atoms with E-state index in [1.807, 2.05) is 17.2 Å². The van der Waals surface area contributed by atoms with Gasteiger partial charge in [-0.2, -0.15) is 0 Å². The van der Waals surface area contributed by atoms with Gasteiger partial charge in [-0.3, -0.25) is 9.78 Å². The van der Waals surface area contributed by atoms with E-state index in [2.05, 4.69) is 24.9 Å². The van der Waals surface area contributed by atoms with Crippen molar-refractivity contribution < 1.29 is 4.79 Å². The lowest BCUT2D eigenvalue weighted by Gasteiger charge is -2.30. The average molecular weight is 275 g/mol. The highest BCUT2D eigenvalue weighted by atomic mass is 16.2. The van der Waals surface area contributed by atoms with Crippen LogP contribution in [-0.4, -0.2) is 28.9 Å². The summed E-state index contributed by atoms with van der Waals surface area (Å²) in [6, 6.07) is 4.01. The molecule has 0 saturated carbocycles. The molecule has 1 aromatic rings. The Bertz CT molecular complexity index is 471. The molecule has 110 valence electrons. The van der Waals surface area contributed by atoms with Crippen molar-refractivity contribution in [2.24, 2.45) is 11.1 Å². The maximum Gasteiger partial charge on any atom is 0.222 e. The molecule has 0 atom stereocenters. The summed E-state index contributed by atoms with van der Waals surface area (Å²) in [4.78, 5) is 18.7. The minimum Gasteiger partial charge on any atom is -0.338 e. The SMILES string of the molecule is CC(C)(CCN)CCC(=O)N1CCc2ncccc2C1. The number of nitrogens with two attached hydrogens (primary N) is 1. The first-order valence-electron chi connectivity index (χ1n) is 7.42. The van der Waals surface area contributed by atoms with Crippen molar-refractivity contribution in [2.75, 3.05) is 13.1 Å². The molecule has 4 heteroatoms. The van der Waals surface area contributed by atoms with Gasteiger partial charge in [0.25, 0.3) is 0 Å². The molecule has 0 unspecified atom stereocenters. The molecule has 1 amide bonds. The van der Waals surface area contributed by atoms with E-state index in [1.54, 1.807) is 0 Å². The topological polar surface area (TPSA) is 59.2 Å². The first kappa shape index (κ1) is 15.0. The van der Waals surface area contributed by atoms with E-state index in [1.165, 1.54) is 5.56 Å². The molecule has 0 aliphatic carbocycles. The molecular formula is C16H25N3O. The lowest BCUT2D eigenvalue weighted by Crippen LogP contribution is -2.36. The van der Waals surface area contributed by atoms with E-state index in [0.717, 1.165) is 31.5 Å². The van der Waals surface area contributed by atoms with Gasteiger partial charge in [-0.15, -0.1) is 0 Å². The number of rotatable bonds is 5. The molecule has 20 heavy (non-hydrogen) atoms. The summed E-state index contributed by atoms with van der Waals surface area (Å²) in [6.45, 7) is 6.55. The molecule has 1 aliphatic rings. The Morgan fingerprint density at radius 2 is 2.25 bits per heavy atom. The number of pyridine rings is 1. The standard InChI is InChI=1S/C16H25N3O/c1-16(2,8-9-17)7-5-15(20)19-11-6-14-13(12-19)4-3-10-18-14/h3-4,10H,5-9,11-12,17H2,1-2H3. The Morgan fingerprint density at radius 1 is 1.45 bits per heavy atom. The molecule has 0 fully saturated rings. The van der Waals surface area contributed by atoms with Crippen LogP contribution in [0.3, 0.4) is 0 Å². The van der Waals surface area contributed by atoms with Crippen LogP contribution >= 0.6 is 0 Å². The molecule has 1 aromatic heterocycles. The van der Waals surface area contributed by atoms with Crippen molar-refractivity contribution >= 4 is 5.91 Å². The maximum atomic E-state index is 12.3. The van der Waals surface area contributed by atoms with E-state index in [0.29, 0.717) is 19.5 Å². The molecule has 0 bridgehead atoms. The highest BCUT2D eigenvalue weighted by molar-refractivity contribution is 5.76. The monoisotopic (exact) mass is 275 g/mol.